The summed E-state index contributed by atoms with van der Waals surface area (Å²) in [6, 6.07) is 0. The largest absolute Gasteiger partial charge is 0.396 e. The molecule has 7 heterocycles. The summed E-state index contributed by atoms with van der Waals surface area (Å²) < 4.78 is 0. The maximum Gasteiger partial charge on any atom is 0.0932 e. The number of allylic oxidation sites excluding steroid dienone is 4. The number of aromatic amines is 4. The smallest absolute Gasteiger partial charge is 0.0932 e. The molecule has 7 rings (SSSR count). The second-order valence-electron chi connectivity index (χ2n) is 15.3. The fraction of sp³-hybridized carbons (Fsp3) is 0.447. The molecule has 4 aromatic rings. The quantitative estimate of drug-likeness (QED) is 0.0983. The van der Waals surface area contributed by atoms with E-state index in [9.17, 15) is 10.2 Å². The van der Waals surface area contributed by atoms with Crippen LogP contribution in [0.1, 0.15) is 142 Å². The molecule has 55 heavy (non-hydrogen) atoms. The number of fused-ring (bicyclic) bond motifs is 12. The van der Waals surface area contributed by atoms with Gasteiger partial charge in [0.25, 0.3) is 0 Å². The third kappa shape index (κ3) is 6.41. The van der Waals surface area contributed by atoms with E-state index < -0.39 is 0 Å². The van der Waals surface area contributed by atoms with Gasteiger partial charge < -0.3 is 30.1 Å². The first kappa shape index (κ1) is 40.0. The zero-order chi connectivity index (χ0) is 38.6. The number of hydrogen-bond donors (Lipinski definition) is 6. The first-order valence-corrected chi connectivity index (χ1v) is 20.1. The van der Waals surface area contributed by atoms with Crippen molar-refractivity contribution in [3.8, 4) is 0 Å². The van der Waals surface area contributed by atoms with Gasteiger partial charge in [0.2, 0.25) is 0 Å². The molecule has 3 aliphatic rings. The fourth-order valence-corrected chi connectivity index (χ4v) is 9.30. The van der Waals surface area contributed by atoms with E-state index in [-0.39, 0.29) is 20.6 Å². The van der Waals surface area contributed by atoms with Crippen LogP contribution in [0.5, 0.6) is 0 Å². The number of nitrogens with one attached hydrogen (secondary N) is 4. The molecule has 0 saturated heterocycles. The molecule has 0 unspecified atom stereocenters. The number of aromatic nitrogens is 4. The standard InChI is InChI=1S/C46H58N6O2.CH4/c1-11-29-25(7)39-41-27(9)31(13-3)43(51-41)44-32(14-4)28(10)42(52-44)40-26(8)30(12-2)38(50-40)22-36-24(6)34(18-16-20-54)46(48-36)45-33(17-15-19-53)23(5)35(47-45)21-37(29)49-39;/h21-22,47-50,53-54H,11-20H2,1-10H3;1H4. The van der Waals surface area contributed by atoms with Crippen LogP contribution in [-0.2, 0) is 25.7 Å². The van der Waals surface area contributed by atoms with Gasteiger partial charge in [-0.2, -0.15) is 0 Å². The van der Waals surface area contributed by atoms with E-state index >= 15 is 0 Å². The van der Waals surface area contributed by atoms with Crippen molar-refractivity contribution in [2.24, 2.45) is 9.98 Å². The lowest BCUT2D eigenvalue weighted by Crippen LogP contribution is -2.07. The van der Waals surface area contributed by atoms with Crippen LogP contribution in [-0.4, -0.2) is 54.8 Å². The number of aliphatic hydroxyl groups is 2. The minimum Gasteiger partial charge on any atom is -0.396 e. The third-order valence-electron chi connectivity index (χ3n) is 12.4. The molecule has 6 N–H and O–H groups in total. The molecular weight excluding hydrogens is 681 g/mol. The Hall–Kier alpha value is -4.66. The van der Waals surface area contributed by atoms with E-state index in [2.05, 4.69) is 101 Å². The van der Waals surface area contributed by atoms with E-state index in [0.717, 1.165) is 106 Å². The zero-order valence-corrected chi connectivity index (χ0v) is 34.0. The molecule has 0 spiro atoms. The van der Waals surface area contributed by atoms with Crippen LogP contribution < -0.4 is 10.7 Å². The maximum absolute atomic E-state index is 9.97. The lowest BCUT2D eigenvalue weighted by Gasteiger charge is -2.07. The van der Waals surface area contributed by atoms with Crippen molar-refractivity contribution in [2.75, 3.05) is 13.2 Å². The Labute approximate surface area is 326 Å². The molecule has 0 aromatic carbocycles. The topological polar surface area (TPSA) is 128 Å². The number of aliphatic hydroxyl groups excluding tert-OH is 2. The van der Waals surface area contributed by atoms with Gasteiger partial charge in [-0.15, -0.1) is 0 Å². The number of H-pyrrole nitrogens is 4. The molecule has 0 aliphatic carbocycles. The Morgan fingerprint density at radius 3 is 1.22 bits per heavy atom. The molecule has 8 heteroatoms. The van der Waals surface area contributed by atoms with Crippen molar-refractivity contribution in [3.63, 3.8) is 0 Å². The number of aliphatic imine (C=N–C) groups is 2. The predicted molar refractivity (Wildman–Crippen MR) is 229 cm³/mol. The molecule has 0 radical (unpaired) electrons. The van der Waals surface area contributed by atoms with Crippen molar-refractivity contribution >= 4 is 23.6 Å². The summed E-state index contributed by atoms with van der Waals surface area (Å²) in [5.74, 6) is 0. The summed E-state index contributed by atoms with van der Waals surface area (Å²) >= 11 is 0. The Kier molecular flexibility index (Phi) is 11.5. The monoisotopic (exact) mass is 742 g/mol. The SMILES string of the molecule is C.CCC1=C(C)C2=NC1=C1N=C(C(C)=C1CC)c1[nH]c(c(CC)c1C)C=c1[nH]c(c(CCCO)c1C)=c1[nH]c(c(C)c1CCCO)=Cc1[nH]c2c(C)c1CC. The second-order valence-corrected chi connectivity index (χ2v) is 15.3. The lowest BCUT2D eigenvalue weighted by atomic mass is 9.96. The van der Waals surface area contributed by atoms with E-state index in [1.807, 2.05) is 0 Å². The van der Waals surface area contributed by atoms with Crippen LogP contribution in [0.3, 0.4) is 0 Å². The van der Waals surface area contributed by atoms with Crippen LogP contribution in [0.15, 0.2) is 43.7 Å². The molecule has 0 atom stereocenters. The van der Waals surface area contributed by atoms with Gasteiger partial charge in [-0.25, -0.2) is 9.98 Å². The van der Waals surface area contributed by atoms with Gasteiger partial charge in [0.15, 0.2) is 0 Å². The Bertz CT molecular complexity index is 2390. The van der Waals surface area contributed by atoms with Crippen molar-refractivity contribution < 1.29 is 10.2 Å². The number of rotatable bonds is 10. The average molecular weight is 743 g/mol. The van der Waals surface area contributed by atoms with Gasteiger partial charge in [0, 0.05) is 35.3 Å². The third-order valence-corrected chi connectivity index (χ3v) is 12.4. The second kappa shape index (κ2) is 15.8. The van der Waals surface area contributed by atoms with E-state index in [1.54, 1.807) is 0 Å². The molecule has 3 aliphatic heterocycles. The van der Waals surface area contributed by atoms with E-state index in [4.69, 9.17) is 9.98 Å². The summed E-state index contributed by atoms with van der Waals surface area (Å²) in [5, 5.41) is 24.2. The minimum atomic E-state index is 0. The Balaban J connectivity index is 0.00000514. The molecule has 4 aromatic heterocycles. The van der Waals surface area contributed by atoms with Crippen molar-refractivity contribution in [3.05, 3.63) is 122 Å². The van der Waals surface area contributed by atoms with Gasteiger partial charge in [-0.3, -0.25) is 0 Å². The molecule has 292 valence electrons. The number of hydrogen-bond acceptors (Lipinski definition) is 4. The molecule has 12 bridgehead atoms. The van der Waals surface area contributed by atoms with Crippen molar-refractivity contribution in [1.29, 1.82) is 0 Å². The van der Waals surface area contributed by atoms with Crippen LogP contribution >= 0.6 is 0 Å². The first-order chi connectivity index (χ1) is 26.0. The Morgan fingerprint density at radius 2 is 0.891 bits per heavy atom. The van der Waals surface area contributed by atoms with Gasteiger partial charge in [0.05, 0.1) is 44.9 Å². The molecule has 0 fully saturated rings. The van der Waals surface area contributed by atoms with Gasteiger partial charge >= 0.3 is 0 Å². The lowest BCUT2D eigenvalue weighted by molar-refractivity contribution is 0.288. The first-order valence-electron chi connectivity index (χ1n) is 20.1. The fourth-order valence-electron chi connectivity index (χ4n) is 9.30. The highest BCUT2D eigenvalue weighted by Gasteiger charge is 2.32. The summed E-state index contributed by atoms with van der Waals surface area (Å²) in [5.41, 5.74) is 23.1. The normalized spacial score (nSPS) is 15.1. The molecule has 0 saturated carbocycles. The average Bonchev–Trinajstić information content (AvgIpc) is 3.97. The highest BCUT2D eigenvalue weighted by Crippen LogP contribution is 2.41. The summed E-state index contributed by atoms with van der Waals surface area (Å²) in [7, 11) is 0. The van der Waals surface area contributed by atoms with Crippen molar-refractivity contribution in [2.45, 2.75) is 128 Å². The maximum atomic E-state index is 9.97. The Morgan fingerprint density at radius 1 is 0.509 bits per heavy atom. The zero-order valence-electron chi connectivity index (χ0n) is 34.0. The highest BCUT2D eigenvalue weighted by molar-refractivity contribution is 6.18. The molecule has 0 amide bonds. The van der Waals surface area contributed by atoms with Gasteiger partial charge in [-0.1, -0.05) is 35.1 Å². The summed E-state index contributed by atoms with van der Waals surface area (Å²) in [6.07, 6.45) is 10.9. The summed E-state index contributed by atoms with van der Waals surface area (Å²) in [4.78, 5) is 26.4. The summed E-state index contributed by atoms with van der Waals surface area (Å²) in [6.45, 7) is 22.4. The van der Waals surface area contributed by atoms with Crippen LogP contribution in [0.4, 0.5) is 0 Å². The molecule has 8 nitrogen and oxygen atoms in total. The van der Waals surface area contributed by atoms with Crippen LogP contribution in [0.2, 0.25) is 0 Å². The van der Waals surface area contributed by atoms with E-state index in [0.29, 0.717) is 12.8 Å². The van der Waals surface area contributed by atoms with Crippen LogP contribution in [0.25, 0.3) is 12.2 Å². The minimum absolute atomic E-state index is 0. The van der Waals surface area contributed by atoms with E-state index in [1.165, 1.54) is 66.8 Å². The predicted octanol–water partition coefficient (Wildman–Crippen LogP) is 8.07. The number of nitrogens with zero attached hydrogens (tertiary/aromatic N) is 2. The molecular formula is C47H62N6O2. The van der Waals surface area contributed by atoms with Crippen molar-refractivity contribution in [1.82, 2.24) is 19.9 Å². The van der Waals surface area contributed by atoms with Crippen LogP contribution in [0, 0.1) is 38.4 Å². The highest BCUT2D eigenvalue weighted by atomic mass is 16.3. The van der Waals surface area contributed by atoms with Gasteiger partial charge in [-0.05, 0) is 172 Å². The van der Waals surface area contributed by atoms with Gasteiger partial charge in [0.1, 0.15) is 0 Å².